The largest absolute Gasteiger partial charge is 0.235 e. The molecule has 1 rings (SSSR count). The summed E-state index contributed by atoms with van der Waals surface area (Å²) in [6, 6.07) is -0.302. The normalized spacial score (nSPS) is 32.4. The average molecular weight is 220 g/mol. The van der Waals surface area contributed by atoms with Crippen molar-refractivity contribution in [2.75, 3.05) is 0 Å². The van der Waals surface area contributed by atoms with Gasteiger partial charge < -0.3 is 0 Å². The van der Waals surface area contributed by atoms with Gasteiger partial charge in [-0.05, 0) is 24.3 Å². The molecule has 0 aromatic rings. The zero-order valence-corrected chi connectivity index (χ0v) is 9.91. The van der Waals surface area contributed by atoms with E-state index >= 15 is 0 Å². The Bertz CT molecular complexity index is 401. The van der Waals surface area contributed by atoms with Gasteiger partial charge in [-0.2, -0.15) is 9.98 Å². The van der Waals surface area contributed by atoms with Crippen molar-refractivity contribution in [3.63, 3.8) is 0 Å². The van der Waals surface area contributed by atoms with Crippen LogP contribution in [0, 0.1) is 5.41 Å². The first-order valence-electron chi connectivity index (χ1n) is 5.20. The summed E-state index contributed by atoms with van der Waals surface area (Å²) in [5.41, 5.74) is 0.185. The predicted molar refractivity (Wildman–Crippen MR) is 60.6 cm³/mol. The van der Waals surface area contributed by atoms with Crippen molar-refractivity contribution in [2.45, 2.75) is 45.2 Å². The number of rotatable bonds is 2. The summed E-state index contributed by atoms with van der Waals surface area (Å²) in [6.45, 7) is 9.88. The summed E-state index contributed by atoms with van der Waals surface area (Å²) in [6.07, 6.45) is 4.38. The minimum absolute atomic E-state index is 0.196. The first-order valence-corrected chi connectivity index (χ1v) is 5.20. The van der Waals surface area contributed by atoms with Gasteiger partial charge in [-0.15, -0.1) is 0 Å². The van der Waals surface area contributed by atoms with Crippen LogP contribution in [0.3, 0.4) is 0 Å². The molecule has 0 heterocycles. The van der Waals surface area contributed by atoms with Crippen LogP contribution in [-0.4, -0.2) is 23.7 Å². The fourth-order valence-corrected chi connectivity index (χ4v) is 2.51. The standard InChI is InChI=1S/C12H16N2O2/c1-9-10(13-7-15)5-12(4,14-8-16)6-11(9,2)3/h10H,1,5-6H2,2-4H3. The molecule has 16 heavy (non-hydrogen) atoms. The van der Waals surface area contributed by atoms with Crippen molar-refractivity contribution in [3.8, 4) is 0 Å². The van der Waals surface area contributed by atoms with E-state index < -0.39 is 5.54 Å². The van der Waals surface area contributed by atoms with E-state index in [1.807, 2.05) is 20.8 Å². The molecule has 0 N–H and O–H groups in total. The molecule has 1 fully saturated rings. The van der Waals surface area contributed by atoms with E-state index in [1.54, 1.807) is 12.2 Å². The second-order valence-corrected chi connectivity index (χ2v) is 5.23. The zero-order valence-electron chi connectivity index (χ0n) is 9.91. The minimum atomic E-state index is -0.516. The van der Waals surface area contributed by atoms with Crippen molar-refractivity contribution >= 4 is 12.2 Å². The maximum atomic E-state index is 10.4. The average Bonchev–Trinajstić information content (AvgIpc) is 2.13. The first kappa shape index (κ1) is 12.6. The van der Waals surface area contributed by atoms with Crippen molar-refractivity contribution in [1.82, 2.24) is 0 Å². The van der Waals surface area contributed by atoms with E-state index in [4.69, 9.17) is 0 Å². The van der Waals surface area contributed by atoms with Crippen LogP contribution in [0.1, 0.15) is 33.6 Å². The quantitative estimate of drug-likeness (QED) is 0.407. The maximum absolute atomic E-state index is 10.4. The maximum Gasteiger partial charge on any atom is 0.235 e. The van der Waals surface area contributed by atoms with Crippen LogP contribution in [0.25, 0.3) is 0 Å². The van der Waals surface area contributed by atoms with Gasteiger partial charge in [0.15, 0.2) is 0 Å². The van der Waals surface area contributed by atoms with E-state index in [9.17, 15) is 9.59 Å². The molecule has 0 bridgehead atoms. The van der Waals surface area contributed by atoms with Gasteiger partial charge in [-0.1, -0.05) is 20.4 Å². The number of hydrogen-bond acceptors (Lipinski definition) is 4. The van der Waals surface area contributed by atoms with Gasteiger partial charge in [-0.3, -0.25) is 0 Å². The number of hydrogen-bond donors (Lipinski definition) is 0. The monoisotopic (exact) mass is 220 g/mol. The third-order valence-corrected chi connectivity index (χ3v) is 3.25. The van der Waals surface area contributed by atoms with E-state index in [2.05, 4.69) is 16.6 Å². The molecule has 1 aliphatic carbocycles. The molecule has 86 valence electrons. The van der Waals surface area contributed by atoms with Crippen LogP contribution in [0.2, 0.25) is 0 Å². The van der Waals surface area contributed by atoms with Crippen molar-refractivity contribution in [2.24, 2.45) is 15.4 Å². The van der Waals surface area contributed by atoms with Gasteiger partial charge in [0.25, 0.3) is 0 Å². The molecule has 0 spiro atoms. The molecule has 0 saturated heterocycles. The lowest BCUT2D eigenvalue weighted by atomic mass is 9.64. The molecule has 0 aromatic carbocycles. The molecule has 2 atom stereocenters. The fourth-order valence-electron chi connectivity index (χ4n) is 2.51. The lowest BCUT2D eigenvalue weighted by Gasteiger charge is -2.43. The summed E-state index contributed by atoms with van der Waals surface area (Å²) in [7, 11) is 0. The van der Waals surface area contributed by atoms with Crippen molar-refractivity contribution < 1.29 is 9.59 Å². The Morgan fingerprint density at radius 1 is 1.31 bits per heavy atom. The van der Waals surface area contributed by atoms with Gasteiger partial charge in [0.2, 0.25) is 12.2 Å². The number of nitrogens with zero attached hydrogens (tertiary/aromatic N) is 2. The molecular weight excluding hydrogens is 204 g/mol. The number of aliphatic imine (C=N–C) groups is 2. The molecule has 0 amide bonds. The Morgan fingerprint density at radius 2 is 1.94 bits per heavy atom. The topological polar surface area (TPSA) is 58.9 Å². The molecule has 2 unspecified atom stereocenters. The highest BCUT2D eigenvalue weighted by Gasteiger charge is 2.44. The molecule has 1 aliphatic rings. The smallest absolute Gasteiger partial charge is 0.211 e. The van der Waals surface area contributed by atoms with Crippen LogP contribution in [0.4, 0.5) is 0 Å². The Kier molecular flexibility index (Phi) is 3.27. The lowest BCUT2D eigenvalue weighted by molar-refractivity contribution is 0.215. The van der Waals surface area contributed by atoms with E-state index in [-0.39, 0.29) is 11.5 Å². The molecule has 0 radical (unpaired) electrons. The molecule has 4 nitrogen and oxygen atoms in total. The number of isocyanates is 2. The second-order valence-electron chi connectivity index (χ2n) is 5.23. The van der Waals surface area contributed by atoms with Crippen LogP contribution in [0.15, 0.2) is 22.1 Å². The minimum Gasteiger partial charge on any atom is -0.211 e. The summed E-state index contributed by atoms with van der Waals surface area (Å²) in [5, 5.41) is 0. The molecule has 1 saturated carbocycles. The van der Waals surface area contributed by atoms with E-state index in [1.165, 1.54) is 0 Å². The number of carbonyl (C=O) groups excluding carboxylic acids is 2. The van der Waals surface area contributed by atoms with Gasteiger partial charge in [-0.25, -0.2) is 9.59 Å². The lowest BCUT2D eigenvalue weighted by Crippen LogP contribution is -2.42. The van der Waals surface area contributed by atoms with Gasteiger partial charge >= 0.3 is 0 Å². The summed E-state index contributed by atoms with van der Waals surface area (Å²) in [5.74, 6) is 0. The molecule has 0 aromatic heterocycles. The third kappa shape index (κ3) is 2.35. The van der Waals surface area contributed by atoms with Crippen LogP contribution >= 0.6 is 0 Å². The van der Waals surface area contributed by atoms with E-state index in [0.717, 1.165) is 5.57 Å². The Morgan fingerprint density at radius 3 is 2.44 bits per heavy atom. The van der Waals surface area contributed by atoms with Crippen molar-refractivity contribution in [3.05, 3.63) is 12.2 Å². The van der Waals surface area contributed by atoms with Gasteiger partial charge in [0.1, 0.15) is 0 Å². The van der Waals surface area contributed by atoms with Gasteiger partial charge in [0, 0.05) is 6.42 Å². The van der Waals surface area contributed by atoms with Crippen LogP contribution < -0.4 is 0 Å². The highest BCUT2D eigenvalue weighted by atomic mass is 16.1. The fraction of sp³-hybridized carbons (Fsp3) is 0.667. The summed E-state index contributed by atoms with van der Waals surface area (Å²) < 4.78 is 0. The highest BCUT2D eigenvalue weighted by Crippen LogP contribution is 2.46. The first-order chi connectivity index (χ1) is 7.34. The van der Waals surface area contributed by atoms with E-state index in [0.29, 0.717) is 12.8 Å². The zero-order chi connectivity index (χ0) is 12.4. The highest BCUT2D eigenvalue weighted by molar-refractivity contribution is 5.39. The third-order valence-electron chi connectivity index (χ3n) is 3.25. The van der Waals surface area contributed by atoms with Gasteiger partial charge in [0.05, 0.1) is 11.6 Å². The molecule has 4 heteroatoms. The SMILES string of the molecule is C=C1C(N=C=O)CC(C)(N=C=O)CC1(C)C. The molecular formula is C12H16N2O2. The Labute approximate surface area is 95.2 Å². The Balaban J connectivity index is 3.12. The van der Waals surface area contributed by atoms with Crippen LogP contribution in [-0.2, 0) is 9.59 Å². The summed E-state index contributed by atoms with van der Waals surface area (Å²) in [4.78, 5) is 28.4. The summed E-state index contributed by atoms with van der Waals surface area (Å²) >= 11 is 0. The van der Waals surface area contributed by atoms with Crippen LogP contribution in [0.5, 0.6) is 0 Å². The predicted octanol–water partition coefficient (Wildman–Crippen LogP) is 2.16. The second kappa shape index (κ2) is 4.17. The van der Waals surface area contributed by atoms with Crippen molar-refractivity contribution in [1.29, 1.82) is 0 Å². The Hall–Kier alpha value is -1.50. The molecule has 0 aliphatic heterocycles.